The van der Waals surface area contributed by atoms with Gasteiger partial charge in [0.25, 0.3) is 5.91 Å². The van der Waals surface area contributed by atoms with Crippen molar-refractivity contribution < 1.29 is 27.8 Å². The Balaban J connectivity index is 1.16. The van der Waals surface area contributed by atoms with Crippen LogP contribution in [0.4, 0.5) is 8.78 Å². The maximum absolute atomic E-state index is 13.3. The van der Waals surface area contributed by atoms with E-state index in [4.69, 9.17) is 14.2 Å². The van der Waals surface area contributed by atoms with Gasteiger partial charge in [-0.25, -0.2) is 14.6 Å². The molecule has 1 N–H and O–H groups in total. The van der Waals surface area contributed by atoms with Crippen LogP contribution in [0.3, 0.4) is 0 Å². The molecule has 1 aliphatic carbocycles. The summed E-state index contributed by atoms with van der Waals surface area (Å²) >= 11 is 0. The first-order chi connectivity index (χ1) is 19.5. The highest BCUT2D eigenvalue weighted by Crippen LogP contribution is 2.37. The Kier molecular flexibility index (Phi) is 7.20. The summed E-state index contributed by atoms with van der Waals surface area (Å²) in [5, 5.41) is 7.01. The van der Waals surface area contributed by atoms with E-state index in [-0.39, 0.29) is 23.1 Å². The summed E-state index contributed by atoms with van der Waals surface area (Å²) in [5.74, 6) is 1.02. The molecule has 210 valence electrons. The number of amides is 1. The molecule has 0 unspecified atom stereocenters. The van der Waals surface area contributed by atoms with Crippen LogP contribution in [0.25, 0.3) is 16.9 Å². The van der Waals surface area contributed by atoms with E-state index < -0.39 is 12.5 Å². The third kappa shape index (κ3) is 5.55. The Bertz CT molecular complexity index is 1520. The monoisotopic (exact) mass is 553 g/mol. The van der Waals surface area contributed by atoms with Crippen molar-refractivity contribution >= 4 is 11.6 Å². The Hall–Kier alpha value is -4.26. The Morgan fingerprint density at radius 1 is 1.18 bits per heavy atom. The predicted octanol–water partition coefficient (Wildman–Crippen LogP) is 3.38. The lowest BCUT2D eigenvalue weighted by molar-refractivity contribution is -0.0502. The van der Waals surface area contributed by atoms with E-state index >= 15 is 0 Å². The molecule has 1 aromatic carbocycles. The van der Waals surface area contributed by atoms with E-state index in [1.165, 1.54) is 13.2 Å². The number of nitrogens with zero attached hydrogens (tertiary/aromatic N) is 6. The molecule has 0 saturated heterocycles. The Morgan fingerprint density at radius 2 is 2.02 bits per heavy atom. The number of halogens is 2. The maximum Gasteiger partial charge on any atom is 0.387 e. The minimum absolute atomic E-state index is 0.0409. The van der Waals surface area contributed by atoms with Gasteiger partial charge in [-0.05, 0) is 37.5 Å². The van der Waals surface area contributed by atoms with Gasteiger partial charge in [0.15, 0.2) is 0 Å². The molecule has 11 nitrogen and oxygen atoms in total. The van der Waals surface area contributed by atoms with Crippen molar-refractivity contribution in [2.75, 3.05) is 26.8 Å². The van der Waals surface area contributed by atoms with E-state index in [1.807, 2.05) is 21.2 Å². The van der Waals surface area contributed by atoms with Crippen molar-refractivity contribution in [2.45, 2.75) is 45.0 Å². The fourth-order valence-corrected chi connectivity index (χ4v) is 4.84. The lowest BCUT2D eigenvalue weighted by Crippen LogP contribution is -2.35. The minimum atomic E-state index is -3.11. The lowest BCUT2D eigenvalue weighted by atomic mass is 10.1. The normalized spacial score (nSPS) is 15.3. The molecule has 1 amide bonds. The molecule has 1 saturated carbocycles. The summed E-state index contributed by atoms with van der Waals surface area (Å²) < 4.78 is 46.5. The number of pyridine rings is 1. The van der Waals surface area contributed by atoms with Gasteiger partial charge in [0, 0.05) is 37.0 Å². The molecule has 1 fully saturated rings. The third-order valence-electron chi connectivity index (χ3n) is 7.00. The van der Waals surface area contributed by atoms with Gasteiger partial charge in [-0.15, -0.1) is 0 Å². The van der Waals surface area contributed by atoms with Gasteiger partial charge in [0.1, 0.15) is 40.6 Å². The van der Waals surface area contributed by atoms with Gasteiger partial charge >= 0.3 is 6.61 Å². The summed E-state index contributed by atoms with van der Waals surface area (Å²) in [4.78, 5) is 23.9. The number of fused-ring (bicyclic) bond motifs is 2. The number of benzene rings is 1. The Labute approximate surface area is 228 Å². The SMILES string of the molecule is COc1cc(-c2cnc3cc(OCCCN4CCn5ncnc5C4)ccn23)cc(OC(F)F)c1C(=O)NC1CC1. The zero-order valence-corrected chi connectivity index (χ0v) is 21.9. The first-order valence-corrected chi connectivity index (χ1v) is 13.2. The number of methoxy groups -OCH3 is 1. The number of ether oxygens (including phenoxy) is 3. The van der Waals surface area contributed by atoms with Gasteiger partial charge in [-0.2, -0.15) is 13.9 Å². The van der Waals surface area contributed by atoms with E-state index in [9.17, 15) is 13.6 Å². The van der Waals surface area contributed by atoms with Crippen molar-refractivity contribution in [3.05, 3.63) is 54.4 Å². The summed E-state index contributed by atoms with van der Waals surface area (Å²) in [6.07, 6.45) is 7.58. The van der Waals surface area contributed by atoms with Crippen LogP contribution in [0.5, 0.6) is 17.2 Å². The molecule has 3 aromatic heterocycles. The molecule has 2 aliphatic rings. The third-order valence-corrected chi connectivity index (χ3v) is 7.00. The highest BCUT2D eigenvalue weighted by molar-refractivity contribution is 6.01. The largest absolute Gasteiger partial charge is 0.496 e. The van der Waals surface area contributed by atoms with Crippen LogP contribution in [0, 0.1) is 0 Å². The second-order valence-corrected chi connectivity index (χ2v) is 9.79. The summed E-state index contributed by atoms with van der Waals surface area (Å²) in [6.45, 7) is 0.881. The van der Waals surface area contributed by atoms with Crippen LogP contribution in [-0.4, -0.2) is 74.4 Å². The van der Waals surface area contributed by atoms with Gasteiger partial charge < -0.3 is 19.5 Å². The number of nitrogens with one attached hydrogen (secondary N) is 1. The molecule has 4 aromatic rings. The van der Waals surface area contributed by atoms with Crippen molar-refractivity contribution in [2.24, 2.45) is 0 Å². The number of aromatic nitrogens is 5. The molecule has 0 bridgehead atoms. The van der Waals surface area contributed by atoms with Crippen molar-refractivity contribution in [1.82, 2.24) is 34.4 Å². The molecule has 0 radical (unpaired) electrons. The number of rotatable bonds is 11. The topological polar surface area (TPSA) is 108 Å². The second-order valence-electron chi connectivity index (χ2n) is 9.79. The fraction of sp³-hybridized carbons (Fsp3) is 0.407. The molecular formula is C27H29F2N7O4. The molecule has 0 spiro atoms. The second kappa shape index (κ2) is 11.1. The molecule has 6 rings (SSSR count). The average molecular weight is 554 g/mol. The summed E-state index contributed by atoms with van der Waals surface area (Å²) in [6, 6.07) is 6.72. The first kappa shape index (κ1) is 26.0. The fourth-order valence-electron chi connectivity index (χ4n) is 4.84. The quantitative estimate of drug-likeness (QED) is 0.282. The standard InChI is InChI=1S/C27H29F2N7O4/c1-38-21-11-17(12-22(40-27(28)29)25(21)26(37)33-18-3-4-18)20-14-30-23-13-19(5-7-35(20)23)39-10-2-6-34-8-9-36-24(15-34)31-16-32-36/h5,7,11-14,16,18,27H,2-4,6,8-10,15H2,1H3,(H,33,37). The first-order valence-electron chi connectivity index (χ1n) is 13.2. The zero-order chi connectivity index (χ0) is 27.6. The van der Waals surface area contributed by atoms with Gasteiger partial charge in [-0.3, -0.25) is 14.1 Å². The number of hydrogen-bond acceptors (Lipinski definition) is 8. The molecule has 13 heteroatoms. The number of alkyl halides is 2. The van der Waals surface area contributed by atoms with Crippen LogP contribution in [-0.2, 0) is 13.1 Å². The van der Waals surface area contributed by atoms with E-state index in [1.54, 1.807) is 24.8 Å². The van der Waals surface area contributed by atoms with Gasteiger partial charge in [-0.1, -0.05) is 0 Å². The van der Waals surface area contributed by atoms with Crippen molar-refractivity contribution in [1.29, 1.82) is 0 Å². The molecule has 1 aliphatic heterocycles. The molecule has 40 heavy (non-hydrogen) atoms. The van der Waals surface area contributed by atoms with Crippen LogP contribution >= 0.6 is 0 Å². The van der Waals surface area contributed by atoms with Gasteiger partial charge in [0.2, 0.25) is 0 Å². The Morgan fingerprint density at radius 3 is 2.83 bits per heavy atom. The number of hydrogen-bond donors (Lipinski definition) is 1. The van der Waals surface area contributed by atoms with Crippen molar-refractivity contribution in [3.8, 4) is 28.5 Å². The van der Waals surface area contributed by atoms with E-state index in [0.717, 1.165) is 51.3 Å². The molecular weight excluding hydrogens is 524 g/mol. The highest BCUT2D eigenvalue weighted by atomic mass is 19.3. The predicted molar refractivity (Wildman–Crippen MR) is 140 cm³/mol. The van der Waals surface area contributed by atoms with E-state index in [0.29, 0.717) is 29.3 Å². The van der Waals surface area contributed by atoms with Crippen molar-refractivity contribution in [3.63, 3.8) is 0 Å². The number of imidazole rings is 1. The van der Waals surface area contributed by atoms with Crippen LogP contribution < -0.4 is 19.5 Å². The zero-order valence-electron chi connectivity index (χ0n) is 21.9. The summed E-state index contributed by atoms with van der Waals surface area (Å²) in [7, 11) is 1.38. The number of carbonyl (C=O) groups is 1. The maximum atomic E-state index is 13.3. The minimum Gasteiger partial charge on any atom is -0.496 e. The lowest BCUT2D eigenvalue weighted by Gasteiger charge is -2.26. The smallest absolute Gasteiger partial charge is 0.387 e. The molecule has 4 heterocycles. The average Bonchev–Trinajstić information content (AvgIpc) is 3.46. The highest BCUT2D eigenvalue weighted by Gasteiger charge is 2.29. The summed E-state index contributed by atoms with van der Waals surface area (Å²) in [5.41, 5.74) is 1.68. The van der Waals surface area contributed by atoms with E-state index in [2.05, 4.69) is 25.3 Å². The van der Waals surface area contributed by atoms with Crippen LogP contribution in [0.2, 0.25) is 0 Å². The van der Waals surface area contributed by atoms with Crippen LogP contribution in [0.1, 0.15) is 35.4 Å². The van der Waals surface area contributed by atoms with Crippen LogP contribution in [0.15, 0.2) is 43.0 Å². The number of carbonyl (C=O) groups excluding carboxylic acids is 1. The molecule has 0 atom stereocenters. The van der Waals surface area contributed by atoms with Gasteiger partial charge in [0.05, 0.1) is 38.7 Å².